The van der Waals surface area contributed by atoms with Gasteiger partial charge >= 0.3 is 11.9 Å². The average Bonchev–Trinajstić information content (AvgIpc) is 2.49. The molecule has 7 heteroatoms. The predicted molar refractivity (Wildman–Crippen MR) is 97.9 cm³/mol. The summed E-state index contributed by atoms with van der Waals surface area (Å²) in [6, 6.07) is 0. The number of carbonyl (C=O) groups is 3. The third kappa shape index (κ3) is 7.86. The Morgan fingerprint density at radius 2 is 1.72 bits per heavy atom. The van der Waals surface area contributed by atoms with E-state index in [2.05, 4.69) is 40.3 Å². The van der Waals surface area contributed by atoms with Gasteiger partial charge in [-0.2, -0.15) is 0 Å². The highest BCUT2D eigenvalue weighted by Gasteiger charge is 2.35. The Labute approximate surface area is 157 Å². The highest BCUT2D eigenvalue weighted by atomic mass is 79.9. The van der Waals surface area contributed by atoms with Crippen LogP contribution in [0, 0.1) is 11.8 Å². The Morgan fingerprint density at radius 3 is 2.16 bits per heavy atom. The van der Waals surface area contributed by atoms with Crippen molar-refractivity contribution in [3.05, 3.63) is 22.7 Å². The molecule has 0 saturated carbocycles. The molecule has 2 unspecified atom stereocenters. The molecule has 0 aromatic carbocycles. The Kier molecular flexibility index (Phi) is 8.35. The van der Waals surface area contributed by atoms with Gasteiger partial charge in [-0.15, -0.1) is 0 Å². The summed E-state index contributed by atoms with van der Waals surface area (Å²) >= 11 is 3.46. The van der Waals surface area contributed by atoms with Crippen molar-refractivity contribution in [2.75, 3.05) is 13.2 Å². The average molecular weight is 416 g/mol. The number of hydrogen-bond acceptors (Lipinski definition) is 5. The molecular weight excluding hydrogens is 390 g/mol. The third-order valence-corrected chi connectivity index (χ3v) is 4.63. The lowest BCUT2D eigenvalue weighted by Crippen LogP contribution is -2.55. The van der Waals surface area contributed by atoms with Crippen LogP contribution in [0.4, 0.5) is 0 Å². The van der Waals surface area contributed by atoms with Crippen LogP contribution in [-0.4, -0.2) is 36.6 Å². The highest BCUT2D eigenvalue weighted by molar-refractivity contribution is 9.11. The van der Waals surface area contributed by atoms with Crippen LogP contribution < -0.4 is 5.32 Å². The number of ether oxygens (including phenoxy) is 2. The minimum atomic E-state index is -0.935. The smallest absolute Gasteiger partial charge is 0.302 e. The summed E-state index contributed by atoms with van der Waals surface area (Å²) in [4.78, 5) is 34.2. The zero-order valence-corrected chi connectivity index (χ0v) is 16.7. The maximum absolute atomic E-state index is 11.7. The number of rotatable bonds is 8. The summed E-state index contributed by atoms with van der Waals surface area (Å²) in [5.41, 5.74) is -0.935. The lowest BCUT2D eigenvalue weighted by atomic mass is 9.82. The number of allylic oxidation sites excluding steroid dienone is 4. The first-order valence-electron chi connectivity index (χ1n) is 8.24. The molecule has 0 bridgehead atoms. The molecule has 1 amide bonds. The summed E-state index contributed by atoms with van der Waals surface area (Å²) in [5.74, 6) is -0.555. The van der Waals surface area contributed by atoms with Gasteiger partial charge in [0.1, 0.15) is 18.8 Å². The summed E-state index contributed by atoms with van der Waals surface area (Å²) in [5, 5.41) is 2.83. The molecule has 0 aromatic heterocycles. The zero-order chi connectivity index (χ0) is 19.0. The summed E-state index contributed by atoms with van der Waals surface area (Å²) in [7, 11) is 0. The number of carbonyl (C=O) groups excluding carboxylic acids is 3. The summed E-state index contributed by atoms with van der Waals surface area (Å²) < 4.78 is 11.3. The van der Waals surface area contributed by atoms with E-state index in [1.807, 2.05) is 6.08 Å². The van der Waals surface area contributed by atoms with Crippen molar-refractivity contribution in [3.8, 4) is 0 Å². The monoisotopic (exact) mass is 415 g/mol. The largest absolute Gasteiger partial charge is 0.463 e. The van der Waals surface area contributed by atoms with Gasteiger partial charge in [0.15, 0.2) is 0 Å². The van der Waals surface area contributed by atoms with Crippen LogP contribution >= 0.6 is 15.9 Å². The molecular formula is C18H26BrNO5. The SMILES string of the molecule is CC(=O)NC(CCC1C=CC(Br)=CC1C)(COC(C)=O)COC(C)=O. The molecule has 0 fully saturated rings. The van der Waals surface area contributed by atoms with Crippen LogP contribution in [0.1, 0.15) is 40.5 Å². The Balaban J connectivity index is 2.89. The first kappa shape index (κ1) is 21.4. The molecule has 0 heterocycles. The second kappa shape index (κ2) is 9.75. The van der Waals surface area contributed by atoms with Gasteiger partial charge in [0.2, 0.25) is 5.91 Å². The second-order valence-corrected chi connectivity index (χ2v) is 7.41. The van der Waals surface area contributed by atoms with E-state index >= 15 is 0 Å². The van der Waals surface area contributed by atoms with Crippen LogP contribution in [-0.2, 0) is 23.9 Å². The molecule has 1 N–H and O–H groups in total. The Bertz CT molecular complexity index is 552. The van der Waals surface area contributed by atoms with E-state index in [9.17, 15) is 14.4 Å². The van der Waals surface area contributed by atoms with Crippen molar-refractivity contribution < 1.29 is 23.9 Å². The molecule has 140 valence electrons. The maximum atomic E-state index is 11.7. The second-order valence-electron chi connectivity index (χ2n) is 6.49. The standard InChI is InChI=1S/C18H26BrNO5/c1-12-9-17(19)6-5-16(12)7-8-18(20-13(2)21,10-24-14(3)22)11-25-15(4)23/h5-6,9,12,16H,7-8,10-11H2,1-4H3,(H,20,21). The quantitative estimate of drug-likeness (QED) is 0.616. The van der Waals surface area contributed by atoms with Crippen molar-refractivity contribution in [3.63, 3.8) is 0 Å². The molecule has 1 aliphatic rings. The van der Waals surface area contributed by atoms with Gasteiger partial charge in [0.05, 0.1) is 0 Å². The Morgan fingerprint density at radius 1 is 1.16 bits per heavy atom. The molecule has 1 aliphatic carbocycles. The van der Waals surface area contributed by atoms with E-state index in [4.69, 9.17) is 9.47 Å². The fourth-order valence-corrected chi connectivity index (χ4v) is 3.37. The van der Waals surface area contributed by atoms with Crippen LogP contribution in [0.15, 0.2) is 22.7 Å². The molecule has 0 aliphatic heterocycles. The van der Waals surface area contributed by atoms with E-state index in [1.165, 1.54) is 20.8 Å². The molecule has 25 heavy (non-hydrogen) atoms. The van der Waals surface area contributed by atoms with Gasteiger partial charge < -0.3 is 14.8 Å². The third-order valence-electron chi connectivity index (χ3n) is 4.10. The highest BCUT2D eigenvalue weighted by Crippen LogP contribution is 2.31. The van der Waals surface area contributed by atoms with Gasteiger partial charge in [0, 0.05) is 25.3 Å². The number of nitrogens with one attached hydrogen (secondary N) is 1. The minimum Gasteiger partial charge on any atom is -0.463 e. The summed E-state index contributed by atoms with van der Waals surface area (Å²) in [6.07, 6.45) is 7.51. The number of amides is 1. The summed E-state index contributed by atoms with van der Waals surface area (Å²) in [6.45, 7) is 6.03. The fraction of sp³-hybridized carbons (Fsp3) is 0.611. The van der Waals surface area contributed by atoms with Crippen molar-refractivity contribution in [1.29, 1.82) is 0 Å². The molecule has 1 rings (SSSR count). The first-order valence-corrected chi connectivity index (χ1v) is 9.04. The molecule has 0 radical (unpaired) electrons. The molecule has 0 aromatic rings. The topological polar surface area (TPSA) is 81.7 Å². The van der Waals surface area contributed by atoms with E-state index in [1.54, 1.807) is 0 Å². The van der Waals surface area contributed by atoms with Gasteiger partial charge in [0.25, 0.3) is 0 Å². The van der Waals surface area contributed by atoms with Gasteiger partial charge in [-0.1, -0.05) is 41.1 Å². The zero-order valence-electron chi connectivity index (χ0n) is 15.1. The van der Waals surface area contributed by atoms with Crippen molar-refractivity contribution in [2.45, 2.75) is 46.1 Å². The van der Waals surface area contributed by atoms with E-state index in [0.717, 1.165) is 10.9 Å². The molecule has 2 atom stereocenters. The lowest BCUT2D eigenvalue weighted by molar-refractivity contribution is -0.150. The fourth-order valence-electron chi connectivity index (χ4n) is 2.80. The normalized spacial score (nSPS) is 19.8. The van der Waals surface area contributed by atoms with Crippen LogP contribution in [0.25, 0.3) is 0 Å². The van der Waals surface area contributed by atoms with Gasteiger partial charge in [-0.3, -0.25) is 14.4 Å². The van der Waals surface area contributed by atoms with Crippen molar-refractivity contribution >= 4 is 33.8 Å². The van der Waals surface area contributed by atoms with Crippen molar-refractivity contribution in [1.82, 2.24) is 5.32 Å². The molecule has 6 nitrogen and oxygen atoms in total. The van der Waals surface area contributed by atoms with Gasteiger partial charge in [-0.05, 0) is 24.7 Å². The molecule has 0 spiro atoms. The van der Waals surface area contributed by atoms with Crippen molar-refractivity contribution in [2.24, 2.45) is 11.8 Å². The lowest BCUT2D eigenvalue weighted by Gasteiger charge is -2.35. The number of hydrogen-bond donors (Lipinski definition) is 1. The van der Waals surface area contributed by atoms with Crippen LogP contribution in [0.3, 0.4) is 0 Å². The van der Waals surface area contributed by atoms with E-state index in [0.29, 0.717) is 12.3 Å². The predicted octanol–water partition coefficient (Wildman–Crippen LogP) is 2.87. The molecule has 0 saturated heterocycles. The first-order chi connectivity index (χ1) is 11.6. The minimum absolute atomic E-state index is 0.0421. The van der Waals surface area contributed by atoms with Gasteiger partial charge in [-0.25, -0.2) is 0 Å². The van der Waals surface area contributed by atoms with Crippen LogP contribution in [0.5, 0.6) is 0 Å². The van der Waals surface area contributed by atoms with E-state index < -0.39 is 17.5 Å². The number of halogens is 1. The van der Waals surface area contributed by atoms with Crippen LogP contribution in [0.2, 0.25) is 0 Å². The number of esters is 2. The van der Waals surface area contributed by atoms with E-state index in [-0.39, 0.29) is 25.0 Å². The maximum Gasteiger partial charge on any atom is 0.302 e. The Hall–Kier alpha value is -1.63.